The molecule has 1 aromatic heterocycles. The highest BCUT2D eigenvalue weighted by Gasteiger charge is 2.54. The van der Waals surface area contributed by atoms with Gasteiger partial charge in [0, 0.05) is 25.0 Å². The number of aliphatic carboxylic acids is 2. The number of β-lactam (4-membered cyclic amide) rings is 1. The Hall–Kier alpha value is -3.48. The van der Waals surface area contributed by atoms with Crippen LogP contribution in [0.1, 0.15) is 45.6 Å². The van der Waals surface area contributed by atoms with Gasteiger partial charge < -0.3 is 15.5 Å². The molecular formula is C26H33N7O8S3. The molecule has 1 saturated heterocycles. The van der Waals surface area contributed by atoms with Gasteiger partial charge in [0.05, 0.1) is 4.90 Å². The smallest absolute Gasteiger partial charge is 0.352 e. The lowest BCUT2D eigenvalue weighted by atomic mass is 9.87. The Balaban J connectivity index is 1.32. The first kappa shape index (κ1) is 33.4. The number of thioether (sulfide) groups is 2. The van der Waals surface area contributed by atoms with Crippen LogP contribution in [0.5, 0.6) is 0 Å². The average molecular weight is 668 g/mol. The van der Waals surface area contributed by atoms with Crippen LogP contribution in [-0.2, 0) is 41.7 Å². The minimum Gasteiger partial charge on any atom is -0.480 e. The Kier molecular flexibility index (Phi) is 10.1. The van der Waals surface area contributed by atoms with Gasteiger partial charge in [-0.3, -0.25) is 19.3 Å². The van der Waals surface area contributed by atoms with Crippen LogP contribution < -0.4 is 10.0 Å². The number of amides is 2. The number of hydrogen-bond acceptors (Lipinski definition) is 11. The number of aryl methyl sites for hydroxylation is 1. The number of nitrogens with one attached hydrogen (secondary N) is 2. The number of carbonyl (C=O) groups is 4. The van der Waals surface area contributed by atoms with Gasteiger partial charge in [-0.15, -0.1) is 16.9 Å². The number of fused-ring (bicyclic) bond motifs is 1. The molecule has 0 spiro atoms. The summed E-state index contributed by atoms with van der Waals surface area (Å²) in [6, 6.07) is 3.85. The van der Waals surface area contributed by atoms with Gasteiger partial charge in [-0.25, -0.2) is 17.9 Å². The van der Waals surface area contributed by atoms with Gasteiger partial charge in [-0.05, 0) is 52.0 Å². The largest absolute Gasteiger partial charge is 0.480 e. The Morgan fingerprint density at radius 1 is 1.23 bits per heavy atom. The van der Waals surface area contributed by atoms with Crippen molar-refractivity contribution in [2.24, 2.45) is 7.05 Å². The van der Waals surface area contributed by atoms with Crippen LogP contribution in [0.4, 0.5) is 0 Å². The summed E-state index contributed by atoms with van der Waals surface area (Å²) in [4.78, 5) is 50.6. The van der Waals surface area contributed by atoms with E-state index in [4.69, 9.17) is 0 Å². The quantitative estimate of drug-likeness (QED) is 0.173. The topological polar surface area (TPSA) is 214 Å². The normalized spacial score (nSPS) is 19.3. The fourth-order valence-corrected chi connectivity index (χ4v) is 8.22. The standard InChI is InChI=1S/C26H33N7O8S3/c1-26(2,3)15-7-5-8-16(11-15)44(40,41)29-17(23(36)37)9-6-10-18(34)27-19-21(35)33-20(24(38)39)14(12-42-22(19)33)13-43-25-28-30-31-32(25)4/h5,7-8,11,17,19,22,29H,6,9-10,12-13H2,1-4H3,(H,27,34)(H,36,37)(H,38,39)/t17-,19?,22-/m1/s1. The van der Waals surface area contributed by atoms with Crippen LogP contribution in [0.2, 0.25) is 0 Å². The zero-order chi connectivity index (χ0) is 32.4. The zero-order valence-electron chi connectivity index (χ0n) is 24.4. The average Bonchev–Trinajstić information content (AvgIpc) is 3.37. The van der Waals surface area contributed by atoms with E-state index in [0.29, 0.717) is 16.5 Å². The third-order valence-corrected chi connectivity index (χ3v) is 10.9. The highest BCUT2D eigenvalue weighted by atomic mass is 32.2. The lowest BCUT2D eigenvalue weighted by molar-refractivity contribution is -0.150. The maximum atomic E-state index is 12.9. The third-order valence-electron chi connectivity index (χ3n) is 7.03. The molecule has 0 bridgehead atoms. The van der Waals surface area contributed by atoms with Crippen molar-refractivity contribution in [1.29, 1.82) is 0 Å². The van der Waals surface area contributed by atoms with E-state index in [9.17, 15) is 37.8 Å². The molecule has 0 saturated carbocycles. The van der Waals surface area contributed by atoms with Gasteiger partial charge in [0.25, 0.3) is 5.91 Å². The summed E-state index contributed by atoms with van der Waals surface area (Å²) in [5.41, 5.74) is 0.848. The van der Waals surface area contributed by atoms with Gasteiger partial charge in [-0.1, -0.05) is 44.7 Å². The van der Waals surface area contributed by atoms with E-state index >= 15 is 0 Å². The van der Waals surface area contributed by atoms with Gasteiger partial charge in [-0.2, -0.15) is 4.72 Å². The minimum atomic E-state index is -4.16. The van der Waals surface area contributed by atoms with E-state index in [1.54, 1.807) is 19.2 Å². The van der Waals surface area contributed by atoms with Crippen molar-refractivity contribution < 1.29 is 37.8 Å². The second-order valence-corrected chi connectivity index (χ2v) is 15.0. The lowest BCUT2D eigenvalue weighted by Gasteiger charge is -2.49. The molecule has 1 aromatic carbocycles. The molecule has 2 amide bonds. The number of aromatic nitrogens is 4. The second kappa shape index (κ2) is 13.3. The molecule has 2 aromatic rings. The second-order valence-electron chi connectivity index (χ2n) is 11.3. The van der Waals surface area contributed by atoms with E-state index in [2.05, 4.69) is 25.6 Å². The monoisotopic (exact) mass is 667 g/mol. The fraction of sp³-hybridized carbons (Fsp3) is 0.500. The molecule has 18 heteroatoms. The molecule has 1 fully saturated rings. The van der Waals surface area contributed by atoms with E-state index in [-0.39, 0.29) is 41.0 Å². The van der Waals surface area contributed by atoms with Crippen molar-refractivity contribution in [3.05, 3.63) is 41.1 Å². The number of rotatable bonds is 13. The summed E-state index contributed by atoms with van der Waals surface area (Å²) in [7, 11) is -2.50. The summed E-state index contributed by atoms with van der Waals surface area (Å²) in [5.74, 6) is -3.17. The first-order valence-corrected chi connectivity index (χ1v) is 17.0. The molecule has 44 heavy (non-hydrogen) atoms. The maximum Gasteiger partial charge on any atom is 0.352 e. The van der Waals surface area contributed by atoms with Crippen molar-refractivity contribution in [1.82, 2.24) is 35.1 Å². The van der Waals surface area contributed by atoms with E-state index in [1.807, 2.05) is 20.8 Å². The Bertz CT molecular complexity index is 1600. The van der Waals surface area contributed by atoms with Crippen molar-refractivity contribution in [2.75, 3.05) is 11.5 Å². The number of carbonyl (C=O) groups excluding carboxylic acids is 2. The highest BCUT2D eigenvalue weighted by Crippen LogP contribution is 2.41. The molecule has 4 rings (SSSR count). The zero-order valence-corrected chi connectivity index (χ0v) is 26.8. The molecule has 2 aliphatic heterocycles. The van der Waals surface area contributed by atoms with E-state index in [0.717, 1.165) is 10.5 Å². The molecule has 1 unspecified atom stereocenters. The summed E-state index contributed by atoms with van der Waals surface area (Å²) in [6.45, 7) is 5.79. The molecule has 15 nitrogen and oxygen atoms in total. The van der Waals surface area contributed by atoms with E-state index < -0.39 is 51.2 Å². The van der Waals surface area contributed by atoms with Crippen LogP contribution >= 0.6 is 23.5 Å². The Morgan fingerprint density at radius 3 is 2.57 bits per heavy atom. The summed E-state index contributed by atoms with van der Waals surface area (Å²) in [5, 5.41) is 33.1. The maximum absolute atomic E-state index is 12.9. The predicted octanol–water partition coefficient (Wildman–Crippen LogP) is 0.940. The molecule has 0 aliphatic carbocycles. The summed E-state index contributed by atoms with van der Waals surface area (Å²) in [6.07, 6.45) is -0.312. The SMILES string of the molecule is Cn1nnnc1SCC1=C(C(=O)O)N2C(=O)C(NC(=O)CCC[C@@H](NS(=O)(=O)c3cccc(C(C)(C)C)c3)C(=O)O)[C@H]2SC1. The number of tetrazole rings is 1. The van der Waals surface area contributed by atoms with Crippen LogP contribution in [0.3, 0.4) is 0 Å². The van der Waals surface area contributed by atoms with Gasteiger partial charge in [0.2, 0.25) is 21.1 Å². The van der Waals surface area contributed by atoms with Crippen LogP contribution in [0, 0.1) is 0 Å². The first-order chi connectivity index (χ1) is 20.6. The highest BCUT2D eigenvalue weighted by molar-refractivity contribution is 8.01. The van der Waals surface area contributed by atoms with Crippen LogP contribution in [0.25, 0.3) is 0 Å². The number of carboxylic acid groups (broad SMARTS) is 2. The first-order valence-electron chi connectivity index (χ1n) is 13.5. The minimum absolute atomic E-state index is 0.0222. The number of sulfonamides is 1. The summed E-state index contributed by atoms with van der Waals surface area (Å²) < 4.78 is 29.5. The van der Waals surface area contributed by atoms with Crippen LogP contribution in [0.15, 0.2) is 45.6 Å². The molecule has 238 valence electrons. The van der Waals surface area contributed by atoms with Crippen molar-refractivity contribution in [3.63, 3.8) is 0 Å². The van der Waals surface area contributed by atoms with Gasteiger partial charge >= 0.3 is 11.9 Å². The third kappa shape index (κ3) is 7.41. The van der Waals surface area contributed by atoms with Gasteiger partial charge in [0.1, 0.15) is 23.2 Å². The molecule has 4 N–H and O–H groups in total. The number of carboxylic acids is 2. The Morgan fingerprint density at radius 2 is 1.95 bits per heavy atom. The number of nitrogens with zero attached hydrogens (tertiary/aromatic N) is 5. The van der Waals surface area contributed by atoms with Crippen molar-refractivity contribution in [2.45, 2.75) is 73.0 Å². The van der Waals surface area contributed by atoms with Crippen molar-refractivity contribution >= 4 is 57.3 Å². The molecule has 0 radical (unpaired) electrons. The Labute approximate surface area is 262 Å². The predicted molar refractivity (Wildman–Crippen MR) is 160 cm³/mol. The molecular weight excluding hydrogens is 635 g/mol. The molecule has 2 aliphatic rings. The number of hydrogen-bond donors (Lipinski definition) is 4. The van der Waals surface area contributed by atoms with E-state index in [1.165, 1.54) is 40.3 Å². The molecule has 3 heterocycles. The van der Waals surface area contributed by atoms with Gasteiger partial charge in [0.15, 0.2) is 0 Å². The fourth-order valence-electron chi connectivity index (χ4n) is 4.62. The lowest BCUT2D eigenvalue weighted by Crippen LogP contribution is -2.70. The molecule has 3 atom stereocenters. The van der Waals surface area contributed by atoms with Crippen molar-refractivity contribution in [3.8, 4) is 0 Å². The summed E-state index contributed by atoms with van der Waals surface area (Å²) >= 11 is 2.56. The van der Waals surface area contributed by atoms with Crippen LogP contribution in [-0.4, -0.2) is 96.5 Å². The number of benzene rings is 1.